The van der Waals surface area contributed by atoms with Crippen LogP contribution in [0.2, 0.25) is 0 Å². The average Bonchev–Trinajstić information content (AvgIpc) is 3.10. The first kappa shape index (κ1) is 23.7. The van der Waals surface area contributed by atoms with Gasteiger partial charge in [0.2, 0.25) is 0 Å². The van der Waals surface area contributed by atoms with E-state index in [1.165, 1.54) is 64.1 Å². The quantitative estimate of drug-likeness (QED) is 0.680. The van der Waals surface area contributed by atoms with Gasteiger partial charge in [-0.15, -0.1) is 0 Å². The molecule has 128 valence electrons. The van der Waals surface area contributed by atoms with Crippen LogP contribution >= 0.6 is 0 Å². The van der Waals surface area contributed by atoms with E-state index in [1.54, 1.807) is 0 Å². The Labute approximate surface area is 177 Å². The van der Waals surface area contributed by atoms with Crippen molar-refractivity contribution in [1.29, 1.82) is 0 Å². The molecule has 0 saturated heterocycles. The van der Waals surface area contributed by atoms with Gasteiger partial charge in [0, 0.05) is 22.5 Å². The van der Waals surface area contributed by atoms with Crippen molar-refractivity contribution in [2.75, 3.05) is 0 Å². The van der Waals surface area contributed by atoms with Gasteiger partial charge >= 0.3 is 26.2 Å². The fourth-order valence-electron chi connectivity index (χ4n) is 3.43. The van der Waals surface area contributed by atoms with Gasteiger partial charge < -0.3 is 29.8 Å². The van der Waals surface area contributed by atoms with Crippen molar-refractivity contribution >= 4 is 17.2 Å². The maximum Gasteiger partial charge on any atom is 2.00 e. The van der Waals surface area contributed by atoms with Crippen molar-refractivity contribution in [2.24, 2.45) is 0 Å². The summed E-state index contributed by atoms with van der Waals surface area (Å²) in [6, 6.07) is 0. The molecule has 0 unspecified atom stereocenters. The van der Waals surface area contributed by atoms with Crippen LogP contribution in [0.4, 0.5) is 0 Å². The van der Waals surface area contributed by atoms with Gasteiger partial charge in [0.1, 0.15) is 0 Å². The molecule has 1 heterocycles. The van der Waals surface area contributed by atoms with Crippen LogP contribution in [0.5, 0.6) is 0 Å². The summed E-state index contributed by atoms with van der Waals surface area (Å²) in [5, 5.41) is 0. The Bertz CT molecular complexity index is 701. The number of aryl methyl sites for hydroxylation is 1. The molecular weight excluding hydrogens is 416 g/mol. The van der Waals surface area contributed by atoms with Crippen LogP contribution in [-0.4, -0.2) is 4.98 Å². The van der Waals surface area contributed by atoms with Crippen LogP contribution in [0.3, 0.4) is 0 Å². The van der Waals surface area contributed by atoms with Gasteiger partial charge in [-0.1, -0.05) is 42.7 Å². The van der Waals surface area contributed by atoms with Gasteiger partial charge in [0.25, 0.3) is 0 Å². The Morgan fingerprint density at radius 2 is 1.83 bits per heavy atom. The molecular formula is C20H25Cl2NZr. The van der Waals surface area contributed by atoms with Crippen LogP contribution in [0.1, 0.15) is 69.0 Å². The second-order valence-electron chi connectivity index (χ2n) is 6.42. The Balaban J connectivity index is 0.00000176. The first-order valence-electron chi connectivity index (χ1n) is 8.10. The van der Waals surface area contributed by atoms with Crippen LogP contribution < -0.4 is 24.8 Å². The summed E-state index contributed by atoms with van der Waals surface area (Å²) in [6.07, 6.45) is 14.2. The fraction of sp³-hybridized carbons (Fsp3) is 0.400. The Morgan fingerprint density at radius 3 is 2.46 bits per heavy atom. The molecule has 0 radical (unpaired) electrons. The molecule has 1 nitrogen and oxygen atoms in total. The number of allylic oxidation sites excluding steroid dienone is 7. The molecule has 0 aliphatic heterocycles. The molecule has 0 saturated carbocycles. The number of hydrogen-bond acceptors (Lipinski definition) is 0. The predicted molar refractivity (Wildman–Crippen MR) is 93.0 cm³/mol. The molecule has 0 aromatic carbocycles. The first-order chi connectivity index (χ1) is 10.1. The maximum atomic E-state index is 3.56. The number of H-pyrrole nitrogens is 1. The number of halogens is 2. The molecule has 0 spiro atoms. The Hall–Kier alpha value is -0.297. The van der Waals surface area contributed by atoms with Crippen molar-refractivity contribution in [3.8, 4) is 0 Å². The molecule has 1 aromatic rings. The summed E-state index contributed by atoms with van der Waals surface area (Å²) in [4.78, 5) is 3.56. The van der Waals surface area contributed by atoms with E-state index in [0.29, 0.717) is 0 Å². The number of nitrogens with one attached hydrogen (secondary N) is 1. The molecule has 0 amide bonds. The standard InChI is InChI=1S/C20H25N.2ClH.Zr/c1-5-6-7-15-8-9-16(12-15)19-14(4)21-18-11-10-17(13(2)3)20(18)19;;;/h8,10-12,21H,5-7,9H2,1-4H3;2*1H;/q;;;+2/p-2. The summed E-state index contributed by atoms with van der Waals surface area (Å²) in [6.45, 7) is 8.87. The fourth-order valence-corrected chi connectivity index (χ4v) is 3.43. The summed E-state index contributed by atoms with van der Waals surface area (Å²) >= 11 is 0. The Morgan fingerprint density at radius 1 is 1.12 bits per heavy atom. The number of rotatable bonds is 4. The van der Waals surface area contributed by atoms with E-state index in [-0.39, 0.29) is 51.0 Å². The van der Waals surface area contributed by atoms with E-state index in [2.05, 4.69) is 57.0 Å². The second-order valence-corrected chi connectivity index (χ2v) is 6.42. The largest absolute Gasteiger partial charge is 2.00 e. The molecule has 2 aliphatic rings. The third kappa shape index (κ3) is 4.45. The first-order valence-corrected chi connectivity index (χ1v) is 8.10. The molecule has 4 heteroatoms. The molecule has 24 heavy (non-hydrogen) atoms. The zero-order chi connectivity index (χ0) is 15.0. The van der Waals surface area contributed by atoms with Gasteiger partial charge in [-0.3, -0.25) is 0 Å². The van der Waals surface area contributed by atoms with Crippen molar-refractivity contribution in [2.45, 2.75) is 53.4 Å². The van der Waals surface area contributed by atoms with Gasteiger partial charge in [-0.2, -0.15) is 0 Å². The minimum atomic E-state index is 0. The van der Waals surface area contributed by atoms with Crippen molar-refractivity contribution in [3.05, 3.63) is 51.9 Å². The van der Waals surface area contributed by atoms with E-state index in [9.17, 15) is 0 Å². The van der Waals surface area contributed by atoms with Gasteiger partial charge in [0.15, 0.2) is 0 Å². The number of aromatic amines is 1. The zero-order valence-electron chi connectivity index (χ0n) is 14.9. The third-order valence-corrected chi connectivity index (χ3v) is 4.53. The van der Waals surface area contributed by atoms with Crippen LogP contribution in [0.25, 0.3) is 17.2 Å². The third-order valence-electron chi connectivity index (χ3n) is 4.53. The normalized spacial score (nSPS) is 14.2. The minimum Gasteiger partial charge on any atom is -1.00 e. The van der Waals surface area contributed by atoms with Crippen molar-refractivity contribution in [1.82, 2.24) is 4.98 Å². The molecule has 0 bridgehead atoms. The second kappa shape index (κ2) is 10.00. The summed E-state index contributed by atoms with van der Waals surface area (Å²) in [5.41, 5.74) is 11.2. The molecule has 0 atom stereocenters. The van der Waals surface area contributed by atoms with E-state index < -0.39 is 0 Å². The smallest absolute Gasteiger partial charge is 1.00 e. The van der Waals surface area contributed by atoms with Crippen molar-refractivity contribution in [3.63, 3.8) is 0 Å². The monoisotopic (exact) mass is 439 g/mol. The number of hydrogen-bond donors (Lipinski definition) is 1. The van der Waals surface area contributed by atoms with E-state index in [0.717, 1.165) is 6.42 Å². The van der Waals surface area contributed by atoms with Crippen molar-refractivity contribution < 1.29 is 51.0 Å². The maximum absolute atomic E-state index is 3.56. The van der Waals surface area contributed by atoms with Gasteiger partial charge in [-0.05, 0) is 57.3 Å². The topological polar surface area (TPSA) is 15.8 Å². The van der Waals surface area contributed by atoms with Crippen LogP contribution in [0.15, 0.2) is 29.4 Å². The van der Waals surface area contributed by atoms with Gasteiger partial charge in [-0.25, -0.2) is 0 Å². The SMILES string of the molecule is CCCCC1=CCC(c2c(C)[nH]c3c2C(=C(C)C)C=C3)=C1.[Cl-].[Cl-].[Zr+2]. The van der Waals surface area contributed by atoms with Crippen LogP contribution in [0, 0.1) is 6.92 Å². The predicted octanol–water partition coefficient (Wildman–Crippen LogP) is 0.0525. The molecule has 2 aliphatic carbocycles. The molecule has 0 fully saturated rings. The number of unbranched alkanes of at least 4 members (excludes halogenated alkanes) is 1. The summed E-state index contributed by atoms with van der Waals surface area (Å²) < 4.78 is 0. The summed E-state index contributed by atoms with van der Waals surface area (Å²) in [7, 11) is 0. The Kier molecular flexibility index (Phi) is 9.88. The minimum absolute atomic E-state index is 0. The molecule has 1 N–H and O–H groups in total. The number of aromatic nitrogens is 1. The summed E-state index contributed by atoms with van der Waals surface area (Å²) in [5.74, 6) is 0. The van der Waals surface area contributed by atoms with Gasteiger partial charge in [0.05, 0.1) is 0 Å². The molecule has 1 aromatic heterocycles. The van der Waals surface area contributed by atoms with E-state index in [1.807, 2.05) is 0 Å². The zero-order valence-corrected chi connectivity index (χ0v) is 18.9. The number of fused-ring (bicyclic) bond motifs is 1. The van der Waals surface area contributed by atoms with E-state index >= 15 is 0 Å². The average molecular weight is 442 g/mol. The van der Waals surface area contributed by atoms with Crippen LogP contribution in [-0.2, 0) is 26.2 Å². The van der Waals surface area contributed by atoms with E-state index in [4.69, 9.17) is 0 Å². The molecule has 3 rings (SSSR count).